The van der Waals surface area contributed by atoms with Gasteiger partial charge in [0.2, 0.25) is 0 Å². The quantitative estimate of drug-likeness (QED) is 0.827. The highest BCUT2D eigenvalue weighted by molar-refractivity contribution is 9.06. The summed E-state index contributed by atoms with van der Waals surface area (Å²) in [5, 5.41) is 8.76. The first-order valence-electron chi connectivity index (χ1n) is 4.49. The predicted octanol–water partition coefficient (Wildman–Crippen LogP) is 3.45. The van der Waals surface area contributed by atoms with Crippen molar-refractivity contribution in [3.63, 3.8) is 0 Å². The molecule has 0 unspecified atom stereocenters. The lowest BCUT2D eigenvalue weighted by molar-refractivity contribution is 0.610. The Bertz CT molecular complexity index is 355. The van der Waals surface area contributed by atoms with Crippen LogP contribution in [-0.4, -0.2) is 0 Å². The van der Waals surface area contributed by atoms with E-state index in [9.17, 15) is 0 Å². The second-order valence-corrected chi connectivity index (χ2v) is 3.93. The summed E-state index contributed by atoms with van der Waals surface area (Å²) < 4.78 is 5.05. The van der Waals surface area contributed by atoms with E-state index < -0.39 is 0 Å². The minimum absolute atomic E-state index is 0.547. The van der Waals surface area contributed by atoms with Crippen molar-refractivity contribution in [2.24, 2.45) is 5.92 Å². The SMILES string of the molecule is CC(C)Cc1cc(C#N)ccc1OBr. The highest BCUT2D eigenvalue weighted by atomic mass is 79.9. The average molecular weight is 254 g/mol. The molecule has 0 radical (unpaired) electrons. The number of hydrogen-bond acceptors (Lipinski definition) is 2. The van der Waals surface area contributed by atoms with Gasteiger partial charge in [0.05, 0.1) is 11.6 Å². The first kappa shape index (κ1) is 11.1. The lowest BCUT2D eigenvalue weighted by atomic mass is 10.0. The van der Waals surface area contributed by atoms with E-state index in [0.717, 1.165) is 17.7 Å². The molecule has 0 saturated heterocycles. The van der Waals surface area contributed by atoms with Gasteiger partial charge in [-0.15, -0.1) is 0 Å². The Kier molecular flexibility index (Phi) is 3.97. The summed E-state index contributed by atoms with van der Waals surface area (Å²) in [4.78, 5) is 0. The van der Waals surface area contributed by atoms with Gasteiger partial charge in [0, 0.05) is 0 Å². The average Bonchev–Trinajstić information content (AvgIpc) is 2.16. The van der Waals surface area contributed by atoms with E-state index >= 15 is 0 Å². The van der Waals surface area contributed by atoms with Crippen LogP contribution in [-0.2, 0) is 6.42 Å². The summed E-state index contributed by atoms with van der Waals surface area (Å²) in [6.45, 7) is 4.27. The monoisotopic (exact) mass is 253 g/mol. The number of rotatable bonds is 3. The number of benzene rings is 1. The van der Waals surface area contributed by atoms with Crippen LogP contribution in [0.1, 0.15) is 25.0 Å². The third-order valence-electron chi connectivity index (χ3n) is 1.90. The molecule has 0 aliphatic carbocycles. The number of nitrogens with zero attached hydrogens (tertiary/aromatic N) is 1. The van der Waals surface area contributed by atoms with Gasteiger partial charge in [-0.3, -0.25) is 0 Å². The summed E-state index contributed by atoms with van der Waals surface area (Å²) in [5.41, 5.74) is 1.74. The standard InChI is InChI=1S/C11H12BrNO/c1-8(2)5-10-6-9(7-13)3-4-11(10)14-12/h3-4,6,8H,5H2,1-2H3. The van der Waals surface area contributed by atoms with Gasteiger partial charge in [0.1, 0.15) is 5.75 Å². The molecule has 0 aromatic heterocycles. The van der Waals surface area contributed by atoms with Gasteiger partial charge in [0.15, 0.2) is 16.3 Å². The Morgan fingerprint density at radius 1 is 1.50 bits per heavy atom. The van der Waals surface area contributed by atoms with Gasteiger partial charge in [-0.1, -0.05) is 13.8 Å². The summed E-state index contributed by atoms with van der Waals surface area (Å²) in [6.07, 6.45) is 0.913. The third-order valence-corrected chi connectivity index (χ3v) is 2.25. The maximum absolute atomic E-state index is 8.76. The maximum atomic E-state index is 8.76. The molecule has 1 rings (SSSR count). The van der Waals surface area contributed by atoms with Gasteiger partial charge in [-0.25, -0.2) is 0 Å². The number of halogens is 1. The Labute approximate surface area is 93.0 Å². The fourth-order valence-electron chi connectivity index (χ4n) is 1.32. The van der Waals surface area contributed by atoms with E-state index in [1.165, 1.54) is 0 Å². The third kappa shape index (κ3) is 2.74. The molecule has 0 aliphatic rings. The fraction of sp³-hybridized carbons (Fsp3) is 0.364. The number of hydrogen-bond donors (Lipinski definition) is 0. The van der Waals surface area contributed by atoms with Crippen LogP contribution in [0.25, 0.3) is 0 Å². The van der Waals surface area contributed by atoms with Gasteiger partial charge < -0.3 is 3.83 Å². The highest BCUT2D eigenvalue weighted by Crippen LogP contribution is 2.24. The molecule has 3 heteroatoms. The van der Waals surface area contributed by atoms with Crippen molar-refractivity contribution in [1.29, 1.82) is 5.26 Å². The van der Waals surface area contributed by atoms with Crippen molar-refractivity contribution in [1.82, 2.24) is 0 Å². The zero-order valence-electron chi connectivity index (χ0n) is 8.25. The lowest BCUT2D eigenvalue weighted by Gasteiger charge is -2.09. The zero-order chi connectivity index (χ0) is 10.6. The Hall–Kier alpha value is -1.01. The minimum atomic E-state index is 0.547. The minimum Gasteiger partial charge on any atom is -0.418 e. The summed E-state index contributed by atoms with van der Waals surface area (Å²) in [7, 11) is 0. The van der Waals surface area contributed by atoms with Crippen LogP contribution < -0.4 is 3.83 Å². The summed E-state index contributed by atoms with van der Waals surface area (Å²) >= 11 is 2.96. The molecular weight excluding hydrogens is 242 g/mol. The molecule has 1 aromatic rings. The molecular formula is C11H12BrNO. The molecule has 0 N–H and O–H groups in total. The lowest BCUT2D eigenvalue weighted by Crippen LogP contribution is -1.96. The van der Waals surface area contributed by atoms with Crippen LogP contribution in [0.2, 0.25) is 0 Å². The van der Waals surface area contributed by atoms with Crippen molar-refractivity contribution in [2.75, 3.05) is 0 Å². The van der Waals surface area contributed by atoms with Crippen molar-refractivity contribution >= 4 is 16.3 Å². The molecule has 0 fully saturated rings. The Morgan fingerprint density at radius 3 is 2.71 bits per heavy atom. The normalized spacial score (nSPS) is 9.93. The van der Waals surface area contributed by atoms with E-state index in [1.807, 2.05) is 12.1 Å². The molecule has 2 nitrogen and oxygen atoms in total. The van der Waals surface area contributed by atoms with Crippen LogP contribution >= 0.6 is 16.3 Å². The van der Waals surface area contributed by atoms with Crippen LogP contribution in [0.3, 0.4) is 0 Å². The van der Waals surface area contributed by atoms with E-state index in [4.69, 9.17) is 9.09 Å². The molecule has 0 spiro atoms. The van der Waals surface area contributed by atoms with Crippen LogP contribution in [0, 0.1) is 17.2 Å². The maximum Gasteiger partial charge on any atom is 0.179 e. The number of nitriles is 1. The molecule has 0 amide bonds. The van der Waals surface area contributed by atoms with Gasteiger partial charge in [0.25, 0.3) is 0 Å². The topological polar surface area (TPSA) is 33.0 Å². The Balaban J connectivity index is 3.03. The van der Waals surface area contributed by atoms with Gasteiger partial charge >= 0.3 is 0 Å². The van der Waals surface area contributed by atoms with Crippen molar-refractivity contribution < 1.29 is 3.83 Å². The molecule has 0 bridgehead atoms. The van der Waals surface area contributed by atoms with Crippen LogP contribution in [0.4, 0.5) is 0 Å². The van der Waals surface area contributed by atoms with E-state index in [-0.39, 0.29) is 0 Å². The predicted molar refractivity (Wildman–Crippen MR) is 59.3 cm³/mol. The van der Waals surface area contributed by atoms with E-state index in [1.54, 1.807) is 6.07 Å². The zero-order valence-corrected chi connectivity index (χ0v) is 9.84. The largest absolute Gasteiger partial charge is 0.418 e. The molecule has 0 saturated carbocycles. The smallest absolute Gasteiger partial charge is 0.179 e. The second kappa shape index (κ2) is 5.02. The van der Waals surface area contributed by atoms with Crippen molar-refractivity contribution in [3.05, 3.63) is 29.3 Å². The molecule has 74 valence electrons. The first-order chi connectivity index (χ1) is 6.67. The fourth-order valence-corrected chi connectivity index (χ4v) is 1.64. The van der Waals surface area contributed by atoms with Gasteiger partial charge in [-0.2, -0.15) is 5.26 Å². The Morgan fingerprint density at radius 2 is 2.21 bits per heavy atom. The van der Waals surface area contributed by atoms with Crippen molar-refractivity contribution in [3.8, 4) is 11.8 Å². The molecule has 1 aromatic carbocycles. The second-order valence-electron chi connectivity index (χ2n) is 3.61. The van der Waals surface area contributed by atoms with Gasteiger partial charge in [-0.05, 0) is 36.1 Å². The van der Waals surface area contributed by atoms with Crippen molar-refractivity contribution in [2.45, 2.75) is 20.3 Å². The molecule has 0 aliphatic heterocycles. The molecule has 14 heavy (non-hydrogen) atoms. The summed E-state index contributed by atoms with van der Waals surface area (Å²) in [6, 6.07) is 7.55. The van der Waals surface area contributed by atoms with E-state index in [2.05, 4.69) is 36.2 Å². The first-order valence-corrected chi connectivity index (χ1v) is 5.13. The summed E-state index contributed by atoms with van der Waals surface area (Å²) in [5.74, 6) is 1.34. The molecule has 0 heterocycles. The molecule has 0 atom stereocenters. The van der Waals surface area contributed by atoms with Crippen LogP contribution in [0.15, 0.2) is 18.2 Å². The van der Waals surface area contributed by atoms with Crippen LogP contribution in [0.5, 0.6) is 5.75 Å². The highest BCUT2D eigenvalue weighted by Gasteiger charge is 2.06. The van der Waals surface area contributed by atoms with E-state index in [0.29, 0.717) is 11.5 Å².